The molecule has 0 aliphatic carbocycles. The Hall–Kier alpha value is -1.44. The number of amides is 1. The Balaban J connectivity index is 2.06. The number of rotatable bonds is 6. The average Bonchev–Trinajstić information content (AvgIpc) is 2.52. The third-order valence-electron chi connectivity index (χ3n) is 3.84. The maximum absolute atomic E-state index is 13.8. The molecule has 0 radical (unpaired) electrons. The number of nitrogens with zero attached hydrogens (tertiary/aromatic N) is 1. The van der Waals surface area contributed by atoms with Crippen LogP contribution in [0.1, 0.15) is 37.0 Å². The molecular formula is C16H23ClFN3O3. The van der Waals surface area contributed by atoms with Crippen molar-refractivity contribution in [2.75, 3.05) is 25.1 Å². The van der Waals surface area contributed by atoms with Crippen molar-refractivity contribution in [2.24, 2.45) is 0 Å². The van der Waals surface area contributed by atoms with Gasteiger partial charge in [0.1, 0.15) is 11.3 Å². The maximum atomic E-state index is 13.8. The highest BCUT2D eigenvalue weighted by Gasteiger charge is 2.27. The molecule has 1 fully saturated rings. The summed E-state index contributed by atoms with van der Waals surface area (Å²) < 4.78 is 19.2. The number of anilines is 1. The second-order valence-corrected chi connectivity index (χ2v) is 6.83. The van der Waals surface area contributed by atoms with Crippen LogP contribution in [0.25, 0.3) is 0 Å². The zero-order valence-electron chi connectivity index (χ0n) is 13.8. The molecule has 2 atom stereocenters. The van der Waals surface area contributed by atoms with Crippen LogP contribution in [-0.4, -0.2) is 53.6 Å². The number of carbonyl (C=O) groups is 1. The minimum atomic E-state index is -1.58. The van der Waals surface area contributed by atoms with Gasteiger partial charge in [0.25, 0.3) is 5.91 Å². The summed E-state index contributed by atoms with van der Waals surface area (Å²) in [6, 6.07) is 1.64. The van der Waals surface area contributed by atoms with Gasteiger partial charge in [0, 0.05) is 18.8 Å². The van der Waals surface area contributed by atoms with Gasteiger partial charge in [0.2, 0.25) is 0 Å². The molecule has 1 unspecified atom stereocenters. The van der Waals surface area contributed by atoms with Crippen molar-refractivity contribution in [1.29, 1.82) is 0 Å². The van der Waals surface area contributed by atoms with E-state index in [9.17, 15) is 14.3 Å². The number of carbonyl (C=O) groups excluding carboxylic acids is 1. The fourth-order valence-corrected chi connectivity index (χ4v) is 2.49. The number of halogens is 2. The fraction of sp³-hybridized carbons (Fsp3) is 0.625. The van der Waals surface area contributed by atoms with Crippen LogP contribution in [0.5, 0.6) is 0 Å². The summed E-state index contributed by atoms with van der Waals surface area (Å²) in [5, 5.41) is 15.6. The normalized spacial score (nSPS) is 19.6. The van der Waals surface area contributed by atoms with Crippen molar-refractivity contribution < 1.29 is 19.0 Å². The lowest BCUT2D eigenvalue weighted by atomic mass is 10.0. The highest BCUT2D eigenvalue weighted by molar-refractivity contribution is 6.29. The number of pyridine rings is 1. The molecule has 1 aliphatic rings. The van der Waals surface area contributed by atoms with E-state index in [0.29, 0.717) is 12.3 Å². The molecule has 0 aromatic carbocycles. The van der Waals surface area contributed by atoms with Crippen LogP contribution in [-0.2, 0) is 4.74 Å². The van der Waals surface area contributed by atoms with Gasteiger partial charge < -0.3 is 20.5 Å². The van der Waals surface area contributed by atoms with Crippen LogP contribution in [0.15, 0.2) is 12.3 Å². The molecule has 24 heavy (non-hydrogen) atoms. The zero-order chi connectivity index (χ0) is 17.7. The van der Waals surface area contributed by atoms with Gasteiger partial charge in [0.05, 0.1) is 30.0 Å². The SMILES string of the molecule is CC(C)(O)[C@H](F)CNC(=O)c1cnc(Cl)cc1NC1CCCOC1. The monoisotopic (exact) mass is 359 g/mol. The van der Waals surface area contributed by atoms with Crippen LogP contribution in [0, 0.1) is 0 Å². The largest absolute Gasteiger partial charge is 0.387 e. The van der Waals surface area contributed by atoms with E-state index in [1.165, 1.54) is 20.0 Å². The minimum Gasteiger partial charge on any atom is -0.387 e. The molecule has 8 heteroatoms. The van der Waals surface area contributed by atoms with E-state index in [0.717, 1.165) is 19.4 Å². The van der Waals surface area contributed by atoms with Gasteiger partial charge >= 0.3 is 0 Å². The van der Waals surface area contributed by atoms with Crippen LogP contribution < -0.4 is 10.6 Å². The highest BCUT2D eigenvalue weighted by Crippen LogP contribution is 2.22. The van der Waals surface area contributed by atoms with E-state index >= 15 is 0 Å². The summed E-state index contributed by atoms with van der Waals surface area (Å²) in [7, 11) is 0. The summed E-state index contributed by atoms with van der Waals surface area (Å²) in [6.07, 6.45) is 1.63. The smallest absolute Gasteiger partial charge is 0.255 e. The molecule has 2 rings (SSSR count). The average molecular weight is 360 g/mol. The fourth-order valence-electron chi connectivity index (χ4n) is 2.33. The number of ether oxygens (including phenoxy) is 1. The zero-order valence-corrected chi connectivity index (χ0v) is 14.6. The number of hydrogen-bond donors (Lipinski definition) is 3. The van der Waals surface area contributed by atoms with E-state index in [-0.39, 0.29) is 23.3 Å². The van der Waals surface area contributed by atoms with Crippen LogP contribution >= 0.6 is 11.6 Å². The van der Waals surface area contributed by atoms with E-state index in [2.05, 4.69) is 15.6 Å². The summed E-state index contributed by atoms with van der Waals surface area (Å²) in [4.78, 5) is 16.3. The van der Waals surface area contributed by atoms with Crippen LogP contribution in [0.2, 0.25) is 5.15 Å². The molecule has 0 spiro atoms. The van der Waals surface area contributed by atoms with E-state index in [1.54, 1.807) is 6.07 Å². The van der Waals surface area contributed by atoms with Crippen LogP contribution in [0.4, 0.5) is 10.1 Å². The molecule has 0 bridgehead atoms. The molecule has 1 aromatic heterocycles. The first kappa shape index (κ1) is 18.9. The quantitative estimate of drug-likeness (QED) is 0.678. The van der Waals surface area contributed by atoms with Crippen molar-refractivity contribution >= 4 is 23.2 Å². The maximum Gasteiger partial charge on any atom is 0.255 e. The molecular weight excluding hydrogens is 337 g/mol. The lowest BCUT2D eigenvalue weighted by Gasteiger charge is -2.25. The molecule has 6 nitrogen and oxygen atoms in total. The first-order valence-electron chi connectivity index (χ1n) is 7.92. The number of aliphatic hydroxyl groups is 1. The summed E-state index contributed by atoms with van der Waals surface area (Å²) in [5.41, 5.74) is -0.721. The molecule has 1 saturated heterocycles. The predicted octanol–water partition coefficient (Wildman–Crippen LogP) is 2.16. The van der Waals surface area contributed by atoms with Gasteiger partial charge in [-0.2, -0.15) is 0 Å². The van der Waals surface area contributed by atoms with Gasteiger partial charge in [-0.3, -0.25) is 4.79 Å². The van der Waals surface area contributed by atoms with E-state index in [1.807, 2.05) is 0 Å². The van der Waals surface area contributed by atoms with Crippen LogP contribution in [0.3, 0.4) is 0 Å². The summed E-state index contributed by atoms with van der Waals surface area (Å²) >= 11 is 5.92. The van der Waals surface area contributed by atoms with Crippen molar-refractivity contribution in [2.45, 2.75) is 44.5 Å². The first-order valence-corrected chi connectivity index (χ1v) is 8.29. The number of alkyl halides is 1. The molecule has 1 amide bonds. The molecule has 1 aliphatic heterocycles. The lowest BCUT2D eigenvalue weighted by Crippen LogP contribution is -2.42. The highest BCUT2D eigenvalue weighted by atomic mass is 35.5. The van der Waals surface area contributed by atoms with Crippen molar-refractivity contribution in [3.63, 3.8) is 0 Å². The van der Waals surface area contributed by atoms with Gasteiger partial charge in [-0.1, -0.05) is 11.6 Å². The minimum absolute atomic E-state index is 0.0778. The van der Waals surface area contributed by atoms with E-state index < -0.39 is 17.7 Å². The van der Waals surface area contributed by atoms with Gasteiger partial charge in [0.15, 0.2) is 0 Å². The third kappa shape index (κ3) is 5.29. The second-order valence-electron chi connectivity index (χ2n) is 6.44. The standard InChI is InChI=1S/C16H23ClFN3O3/c1-16(2,23)13(18)8-20-15(22)11-7-19-14(17)6-12(11)21-10-4-3-5-24-9-10/h6-7,10,13,23H,3-5,8-9H2,1-2H3,(H,19,21)(H,20,22)/t10?,13-/m1/s1. The van der Waals surface area contributed by atoms with Gasteiger partial charge in [-0.05, 0) is 32.8 Å². The number of hydrogen-bond acceptors (Lipinski definition) is 5. The Morgan fingerprint density at radius 2 is 2.38 bits per heavy atom. The summed E-state index contributed by atoms with van der Waals surface area (Å²) in [6.45, 7) is 3.69. The topological polar surface area (TPSA) is 83.5 Å². The Kier molecular flexibility index (Phi) is 6.37. The van der Waals surface area contributed by atoms with Crippen molar-refractivity contribution in [3.05, 3.63) is 23.0 Å². The van der Waals surface area contributed by atoms with Crippen molar-refractivity contribution in [1.82, 2.24) is 10.3 Å². The predicted molar refractivity (Wildman–Crippen MR) is 90.2 cm³/mol. The molecule has 0 saturated carbocycles. The lowest BCUT2D eigenvalue weighted by molar-refractivity contribution is -0.00177. The Bertz CT molecular complexity index is 574. The Labute approximate surface area is 145 Å². The molecule has 134 valence electrons. The second kappa shape index (κ2) is 8.09. The van der Waals surface area contributed by atoms with Crippen molar-refractivity contribution in [3.8, 4) is 0 Å². The van der Waals surface area contributed by atoms with E-state index in [4.69, 9.17) is 16.3 Å². The van der Waals surface area contributed by atoms with Gasteiger partial charge in [-0.15, -0.1) is 0 Å². The molecule has 2 heterocycles. The van der Waals surface area contributed by atoms with Gasteiger partial charge in [-0.25, -0.2) is 9.37 Å². The Morgan fingerprint density at radius 1 is 1.62 bits per heavy atom. The third-order valence-corrected chi connectivity index (χ3v) is 4.05. The molecule has 3 N–H and O–H groups in total. The Morgan fingerprint density at radius 3 is 3.00 bits per heavy atom. The molecule has 1 aromatic rings. The first-order chi connectivity index (χ1) is 11.3. The number of aromatic nitrogens is 1. The summed E-state index contributed by atoms with van der Waals surface area (Å²) in [5.74, 6) is -0.481. The number of nitrogens with one attached hydrogen (secondary N) is 2.